The molecule has 2 rings (SSSR count). The van der Waals surface area contributed by atoms with Gasteiger partial charge in [-0.05, 0) is 38.7 Å². The van der Waals surface area contributed by atoms with Gasteiger partial charge < -0.3 is 0 Å². The van der Waals surface area contributed by atoms with E-state index >= 15 is 0 Å². The average Bonchev–Trinajstić information content (AvgIpc) is 2.29. The molecule has 0 saturated carbocycles. The zero-order valence-electron chi connectivity index (χ0n) is 8.70. The second-order valence-corrected chi connectivity index (χ2v) is 4.29. The molecule has 0 heterocycles. The summed E-state index contributed by atoms with van der Waals surface area (Å²) in [5.74, 6) is 0. The Morgan fingerprint density at radius 1 is 1.13 bits per heavy atom. The standard InChI is InChI=1S/C14H13Br/c1-2-3-6-12-10-9-11-7-4-5-8-13(11)14(12)15/h3-10H,2H2,1H3/b6-3+. The van der Waals surface area contributed by atoms with Crippen LogP contribution in [-0.4, -0.2) is 0 Å². The third kappa shape index (κ3) is 2.13. The van der Waals surface area contributed by atoms with Crippen molar-refractivity contribution in [3.8, 4) is 0 Å². The zero-order valence-corrected chi connectivity index (χ0v) is 10.3. The Morgan fingerprint density at radius 2 is 1.93 bits per heavy atom. The molecule has 0 radical (unpaired) electrons. The van der Waals surface area contributed by atoms with Gasteiger partial charge in [0.25, 0.3) is 0 Å². The molecular weight excluding hydrogens is 248 g/mol. The highest BCUT2D eigenvalue weighted by atomic mass is 79.9. The maximum Gasteiger partial charge on any atom is 0.0326 e. The predicted molar refractivity (Wildman–Crippen MR) is 71.0 cm³/mol. The predicted octanol–water partition coefficient (Wildman–Crippen LogP) is 5.03. The highest BCUT2D eigenvalue weighted by molar-refractivity contribution is 9.10. The molecule has 0 nitrogen and oxygen atoms in total. The van der Waals surface area contributed by atoms with E-state index in [1.54, 1.807) is 0 Å². The van der Waals surface area contributed by atoms with Crippen LogP contribution in [-0.2, 0) is 0 Å². The van der Waals surface area contributed by atoms with Crippen molar-refractivity contribution < 1.29 is 0 Å². The van der Waals surface area contributed by atoms with Gasteiger partial charge in [0, 0.05) is 4.47 Å². The molecule has 0 aliphatic rings. The van der Waals surface area contributed by atoms with Crippen LogP contribution >= 0.6 is 15.9 Å². The fourth-order valence-electron chi connectivity index (χ4n) is 1.62. The van der Waals surface area contributed by atoms with Gasteiger partial charge in [-0.1, -0.05) is 55.5 Å². The van der Waals surface area contributed by atoms with E-state index in [4.69, 9.17) is 0 Å². The number of fused-ring (bicyclic) bond motifs is 1. The van der Waals surface area contributed by atoms with Crippen molar-refractivity contribution in [3.63, 3.8) is 0 Å². The summed E-state index contributed by atoms with van der Waals surface area (Å²) in [5, 5.41) is 2.55. The molecule has 0 bridgehead atoms. The minimum Gasteiger partial charge on any atom is -0.0842 e. The third-order valence-corrected chi connectivity index (χ3v) is 3.31. The Hall–Kier alpha value is -1.08. The molecule has 1 heteroatoms. The molecule has 0 amide bonds. The van der Waals surface area contributed by atoms with Gasteiger partial charge in [0.05, 0.1) is 0 Å². The number of allylic oxidation sites excluding steroid dienone is 1. The maximum absolute atomic E-state index is 3.66. The van der Waals surface area contributed by atoms with E-state index in [1.807, 2.05) is 0 Å². The lowest BCUT2D eigenvalue weighted by Gasteiger charge is -2.03. The van der Waals surface area contributed by atoms with E-state index < -0.39 is 0 Å². The molecule has 0 atom stereocenters. The van der Waals surface area contributed by atoms with Crippen LogP contribution in [0.25, 0.3) is 16.8 Å². The Bertz CT molecular complexity index is 498. The normalized spacial score (nSPS) is 11.3. The number of hydrogen-bond donors (Lipinski definition) is 0. The van der Waals surface area contributed by atoms with Gasteiger partial charge in [-0.15, -0.1) is 0 Å². The van der Waals surface area contributed by atoms with Crippen LogP contribution in [0.4, 0.5) is 0 Å². The first-order chi connectivity index (χ1) is 7.33. The summed E-state index contributed by atoms with van der Waals surface area (Å²) in [6.45, 7) is 2.14. The molecule has 76 valence electrons. The molecule has 0 N–H and O–H groups in total. The molecule has 0 unspecified atom stereocenters. The Labute approximate surface area is 98.8 Å². The summed E-state index contributed by atoms with van der Waals surface area (Å²) in [5.41, 5.74) is 1.25. The molecule has 0 spiro atoms. The molecule has 2 aromatic rings. The van der Waals surface area contributed by atoms with Crippen LogP contribution in [0.1, 0.15) is 18.9 Å². The lowest BCUT2D eigenvalue weighted by molar-refractivity contribution is 1.23. The summed E-state index contributed by atoms with van der Waals surface area (Å²) < 4.78 is 1.19. The Balaban J connectivity index is 2.60. The quantitative estimate of drug-likeness (QED) is 0.711. The van der Waals surface area contributed by atoms with Crippen LogP contribution in [0.15, 0.2) is 46.9 Å². The first kappa shape index (κ1) is 10.4. The highest BCUT2D eigenvalue weighted by Crippen LogP contribution is 2.28. The van der Waals surface area contributed by atoms with Gasteiger partial charge >= 0.3 is 0 Å². The van der Waals surface area contributed by atoms with Crippen LogP contribution in [0.3, 0.4) is 0 Å². The summed E-state index contributed by atoms with van der Waals surface area (Å²) in [7, 11) is 0. The molecule has 0 aliphatic heterocycles. The van der Waals surface area contributed by atoms with Gasteiger partial charge in [0.1, 0.15) is 0 Å². The first-order valence-electron chi connectivity index (χ1n) is 5.16. The summed E-state index contributed by atoms with van der Waals surface area (Å²) >= 11 is 3.66. The first-order valence-corrected chi connectivity index (χ1v) is 5.96. The third-order valence-electron chi connectivity index (χ3n) is 2.43. The Kier molecular flexibility index (Phi) is 3.22. The fraction of sp³-hybridized carbons (Fsp3) is 0.143. The topological polar surface area (TPSA) is 0 Å². The smallest absolute Gasteiger partial charge is 0.0326 e. The minimum absolute atomic E-state index is 1.07. The fourth-order valence-corrected chi connectivity index (χ4v) is 2.25. The SMILES string of the molecule is CC/C=C/c1ccc2ccccc2c1Br. The molecule has 0 fully saturated rings. The van der Waals surface area contributed by atoms with Crippen LogP contribution < -0.4 is 0 Å². The summed E-state index contributed by atoms with van der Waals surface area (Å²) in [4.78, 5) is 0. The minimum atomic E-state index is 1.07. The lowest BCUT2D eigenvalue weighted by Crippen LogP contribution is -1.79. The lowest BCUT2D eigenvalue weighted by atomic mass is 10.1. The van der Waals surface area contributed by atoms with E-state index in [9.17, 15) is 0 Å². The van der Waals surface area contributed by atoms with Crippen molar-refractivity contribution in [3.05, 3.63) is 52.5 Å². The van der Waals surface area contributed by atoms with E-state index in [-0.39, 0.29) is 0 Å². The van der Waals surface area contributed by atoms with Crippen LogP contribution in [0.5, 0.6) is 0 Å². The van der Waals surface area contributed by atoms with Crippen molar-refractivity contribution in [2.75, 3.05) is 0 Å². The molecule has 0 aliphatic carbocycles. The van der Waals surface area contributed by atoms with Gasteiger partial charge in [-0.25, -0.2) is 0 Å². The summed E-state index contributed by atoms with van der Waals surface area (Å²) in [6, 6.07) is 12.7. The van der Waals surface area contributed by atoms with Gasteiger partial charge in [-0.2, -0.15) is 0 Å². The van der Waals surface area contributed by atoms with Gasteiger partial charge in [-0.3, -0.25) is 0 Å². The van der Waals surface area contributed by atoms with E-state index in [2.05, 4.69) is 71.4 Å². The van der Waals surface area contributed by atoms with Crippen LogP contribution in [0.2, 0.25) is 0 Å². The summed E-state index contributed by atoms with van der Waals surface area (Å²) in [6.07, 6.45) is 5.41. The van der Waals surface area contributed by atoms with E-state index in [0.717, 1.165) is 6.42 Å². The maximum atomic E-state index is 3.66. The number of rotatable bonds is 2. The van der Waals surface area contributed by atoms with Crippen molar-refractivity contribution in [2.24, 2.45) is 0 Å². The largest absolute Gasteiger partial charge is 0.0842 e. The Morgan fingerprint density at radius 3 is 2.73 bits per heavy atom. The number of benzene rings is 2. The van der Waals surface area contributed by atoms with Gasteiger partial charge in [0.15, 0.2) is 0 Å². The zero-order chi connectivity index (χ0) is 10.7. The highest BCUT2D eigenvalue weighted by Gasteiger charge is 2.01. The van der Waals surface area contributed by atoms with E-state index in [1.165, 1.54) is 20.8 Å². The van der Waals surface area contributed by atoms with Crippen LogP contribution in [0, 0.1) is 0 Å². The molecular formula is C14H13Br. The monoisotopic (exact) mass is 260 g/mol. The molecule has 2 aromatic carbocycles. The second kappa shape index (κ2) is 4.63. The van der Waals surface area contributed by atoms with Crippen molar-refractivity contribution in [2.45, 2.75) is 13.3 Å². The number of hydrogen-bond acceptors (Lipinski definition) is 0. The number of halogens is 1. The molecule has 15 heavy (non-hydrogen) atoms. The second-order valence-electron chi connectivity index (χ2n) is 3.50. The molecule has 0 aromatic heterocycles. The van der Waals surface area contributed by atoms with E-state index in [0.29, 0.717) is 0 Å². The van der Waals surface area contributed by atoms with Gasteiger partial charge in [0.2, 0.25) is 0 Å². The average molecular weight is 261 g/mol. The van der Waals surface area contributed by atoms with Crippen molar-refractivity contribution in [1.82, 2.24) is 0 Å². The van der Waals surface area contributed by atoms with Crippen molar-refractivity contribution >= 4 is 32.8 Å². The molecule has 0 saturated heterocycles. The van der Waals surface area contributed by atoms with Crippen molar-refractivity contribution in [1.29, 1.82) is 0 Å².